The van der Waals surface area contributed by atoms with E-state index in [4.69, 9.17) is 11.6 Å². The highest BCUT2D eigenvalue weighted by molar-refractivity contribution is 6.33. The van der Waals surface area contributed by atoms with Gasteiger partial charge in [0, 0.05) is 0 Å². The average molecular weight is 414 g/mol. The first-order valence-electron chi connectivity index (χ1n) is 9.32. The zero-order valence-corrected chi connectivity index (χ0v) is 17.6. The summed E-state index contributed by atoms with van der Waals surface area (Å²) in [6.07, 6.45) is 0. The van der Waals surface area contributed by atoms with Crippen molar-refractivity contribution in [3.63, 3.8) is 0 Å². The summed E-state index contributed by atoms with van der Waals surface area (Å²) in [5, 5.41) is 5.72. The second kappa shape index (κ2) is 7.52. The van der Waals surface area contributed by atoms with Crippen LogP contribution >= 0.6 is 11.6 Å². The maximum Gasteiger partial charge on any atom is 0.325 e. The monoisotopic (exact) mass is 413 g/mol. The summed E-state index contributed by atoms with van der Waals surface area (Å²) >= 11 is 6.04. The predicted molar refractivity (Wildman–Crippen MR) is 113 cm³/mol. The van der Waals surface area contributed by atoms with Crippen molar-refractivity contribution in [2.24, 2.45) is 0 Å². The summed E-state index contributed by atoms with van der Waals surface area (Å²) in [5.41, 5.74) is 0.964. The number of para-hydroxylation sites is 1. The number of nitrogens with zero attached hydrogens (tertiary/aromatic N) is 1. The number of amides is 4. The van der Waals surface area contributed by atoms with Crippen LogP contribution in [-0.2, 0) is 20.5 Å². The minimum atomic E-state index is -1.22. The molecule has 152 valence electrons. The maximum atomic E-state index is 13.0. The molecular formula is C22H24ClN3O3. The van der Waals surface area contributed by atoms with Crippen LogP contribution in [0, 0.1) is 0 Å². The topological polar surface area (TPSA) is 78.5 Å². The van der Waals surface area contributed by atoms with Gasteiger partial charge in [-0.05, 0) is 35.6 Å². The highest BCUT2D eigenvalue weighted by atomic mass is 35.5. The minimum Gasteiger partial charge on any atom is -0.323 e. The molecule has 0 aromatic heterocycles. The molecular weight excluding hydrogens is 390 g/mol. The molecule has 0 spiro atoms. The molecule has 2 aromatic rings. The van der Waals surface area contributed by atoms with E-state index in [0.717, 1.165) is 10.5 Å². The van der Waals surface area contributed by atoms with Gasteiger partial charge in [0.15, 0.2) is 0 Å². The van der Waals surface area contributed by atoms with Crippen molar-refractivity contribution >= 4 is 35.1 Å². The standard InChI is InChI=1S/C22H24ClN3O3/c1-21(2,3)14-9-11-15(12-10-14)22(4)19(28)26(20(29)25-22)13-18(27)24-17-8-6-5-7-16(17)23/h5-12H,13H2,1-4H3,(H,24,27)(H,25,29)/t22-/m1/s1. The number of hydrogen-bond acceptors (Lipinski definition) is 3. The lowest BCUT2D eigenvalue weighted by atomic mass is 9.84. The summed E-state index contributed by atoms with van der Waals surface area (Å²) in [4.78, 5) is 38.7. The molecule has 3 rings (SSSR count). The van der Waals surface area contributed by atoms with E-state index >= 15 is 0 Å². The van der Waals surface area contributed by atoms with Crippen molar-refractivity contribution in [2.75, 3.05) is 11.9 Å². The molecule has 0 saturated carbocycles. The first kappa shape index (κ1) is 20.9. The van der Waals surface area contributed by atoms with Gasteiger partial charge in [-0.3, -0.25) is 14.5 Å². The minimum absolute atomic E-state index is 0.0226. The third-order valence-corrected chi connectivity index (χ3v) is 5.38. The number of benzene rings is 2. The van der Waals surface area contributed by atoms with Gasteiger partial charge in [-0.1, -0.05) is 68.8 Å². The molecule has 29 heavy (non-hydrogen) atoms. The molecule has 0 radical (unpaired) electrons. The van der Waals surface area contributed by atoms with Crippen molar-refractivity contribution < 1.29 is 14.4 Å². The van der Waals surface area contributed by atoms with Crippen LogP contribution in [0.1, 0.15) is 38.8 Å². The van der Waals surface area contributed by atoms with Crippen molar-refractivity contribution in [1.82, 2.24) is 10.2 Å². The van der Waals surface area contributed by atoms with E-state index in [2.05, 4.69) is 31.4 Å². The SMILES string of the molecule is CC(C)(C)c1ccc([C@@]2(C)NC(=O)N(CC(=O)Nc3ccccc3Cl)C2=O)cc1. The molecule has 2 N–H and O–H groups in total. The zero-order chi connectivity index (χ0) is 21.4. The molecule has 1 aliphatic heterocycles. The van der Waals surface area contributed by atoms with Gasteiger partial charge < -0.3 is 10.6 Å². The van der Waals surface area contributed by atoms with Gasteiger partial charge in [0.2, 0.25) is 5.91 Å². The molecule has 7 heteroatoms. The maximum absolute atomic E-state index is 13.0. The summed E-state index contributed by atoms with van der Waals surface area (Å²) in [7, 11) is 0. The van der Waals surface area contributed by atoms with Crippen LogP contribution in [0.4, 0.5) is 10.5 Å². The summed E-state index contributed by atoms with van der Waals surface area (Å²) in [5.74, 6) is -0.978. The van der Waals surface area contributed by atoms with Crippen molar-refractivity contribution in [3.05, 3.63) is 64.7 Å². The number of nitrogens with one attached hydrogen (secondary N) is 2. The molecule has 2 aromatic carbocycles. The Hall–Kier alpha value is -2.86. The third-order valence-electron chi connectivity index (χ3n) is 5.05. The Bertz CT molecular complexity index is 966. The van der Waals surface area contributed by atoms with Gasteiger partial charge in [-0.15, -0.1) is 0 Å². The van der Waals surface area contributed by atoms with Crippen LogP contribution in [0.3, 0.4) is 0 Å². The van der Waals surface area contributed by atoms with Crippen molar-refractivity contribution in [2.45, 2.75) is 38.6 Å². The van der Waals surface area contributed by atoms with Gasteiger partial charge in [0.1, 0.15) is 12.1 Å². The van der Waals surface area contributed by atoms with E-state index in [9.17, 15) is 14.4 Å². The summed E-state index contributed by atoms with van der Waals surface area (Å²) in [6, 6.07) is 13.7. The molecule has 1 heterocycles. The lowest BCUT2D eigenvalue weighted by Gasteiger charge is -2.24. The van der Waals surface area contributed by atoms with Crippen LogP contribution < -0.4 is 10.6 Å². The molecule has 1 fully saturated rings. The predicted octanol–water partition coefficient (Wildman–Crippen LogP) is 4.04. The first-order chi connectivity index (χ1) is 13.5. The van der Waals surface area contributed by atoms with E-state index in [1.54, 1.807) is 31.2 Å². The third kappa shape index (κ3) is 4.12. The Labute approximate surface area is 175 Å². The Morgan fingerprint density at radius 2 is 1.72 bits per heavy atom. The first-order valence-corrected chi connectivity index (χ1v) is 9.70. The second-order valence-electron chi connectivity index (χ2n) is 8.30. The van der Waals surface area contributed by atoms with Crippen molar-refractivity contribution in [3.8, 4) is 0 Å². The van der Waals surface area contributed by atoms with E-state index in [1.165, 1.54) is 0 Å². The molecule has 1 aliphatic rings. The van der Waals surface area contributed by atoms with Crippen LogP contribution in [-0.4, -0.2) is 29.3 Å². The highest BCUT2D eigenvalue weighted by Crippen LogP contribution is 2.31. The van der Waals surface area contributed by atoms with Gasteiger partial charge in [0.05, 0.1) is 10.7 Å². The number of halogens is 1. The summed E-state index contributed by atoms with van der Waals surface area (Å²) in [6.45, 7) is 7.56. The fraction of sp³-hybridized carbons (Fsp3) is 0.318. The summed E-state index contributed by atoms with van der Waals surface area (Å²) < 4.78 is 0. The molecule has 6 nitrogen and oxygen atoms in total. The molecule has 1 saturated heterocycles. The van der Waals surface area contributed by atoms with Crippen molar-refractivity contribution in [1.29, 1.82) is 0 Å². The fourth-order valence-electron chi connectivity index (χ4n) is 3.24. The van der Waals surface area contributed by atoms with E-state index in [-0.39, 0.29) is 5.41 Å². The Balaban J connectivity index is 1.76. The number of carbonyl (C=O) groups excluding carboxylic acids is 3. The quantitative estimate of drug-likeness (QED) is 0.742. The highest BCUT2D eigenvalue weighted by Gasteiger charge is 2.49. The molecule has 1 atom stereocenters. The van der Waals surface area contributed by atoms with E-state index in [0.29, 0.717) is 16.3 Å². The van der Waals surface area contributed by atoms with Crippen LogP contribution in [0.2, 0.25) is 5.02 Å². The number of hydrogen-bond donors (Lipinski definition) is 2. The number of rotatable bonds is 4. The molecule has 4 amide bonds. The van der Waals surface area contributed by atoms with Gasteiger partial charge in [-0.2, -0.15) is 0 Å². The van der Waals surface area contributed by atoms with Crippen LogP contribution in [0.15, 0.2) is 48.5 Å². The number of anilines is 1. The van der Waals surface area contributed by atoms with Gasteiger partial charge >= 0.3 is 6.03 Å². The smallest absolute Gasteiger partial charge is 0.323 e. The molecule has 0 bridgehead atoms. The Kier molecular flexibility index (Phi) is 5.41. The fourth-order valence-corrected chi connectivity index (χ4v) is 3.42. The van der Waals surface area contributed by atoms with Gasteiger partial charge in [0.25, 0.3) is 5.91 Å². The van der Waals surface area contributed by atoms with Crippen LogP contribution in [0.25, 0.3) is 0 Å². The van der Waals surface area contributed by atoms with E-state index in [1.807, 2.05) is 24.3 Å². The largest absolute Gasteiger partial charge is 0.325 e. The van der Waals surface area contributed by atoms with Crippen LogP contribution in [0.5, 0.6) is 0 Å². The average Bonchev–Trinajstić information content (AvgIpc) is 2.87. The second-order valence-corrected chi connectivity index (χ2v) is 8.71. The number of urea groups is 1. The van der Waals surface area contributed by atoms with E-state index < -0.39 is 29.9 Å². The molecule has 0 unspecified atom stereocenters. The number of imide groups is 1. The zero-order valence-electron chi connectivity index (χ0n) is 16.9. The lowest BCUT2D eigenvalue weighted by Crippen LogP contribution is -2.42. The van der Waals surface area contributed by atoms with Gasteiger partial charge in [-0.25, -0.2) is 4.79 Å². The lowest BCUT2D eigenvalue weighted by molar-refractivity contribution is -0.133. The Morgan fingerprint density at radius 1 is 1.10 bits per heavy atom. The normalized spacial score (nSPS) is 19.3. The Morgan fingerprint density at radius 3 is 2.31 bits per heavy atom. The molecule has 0 aliphatic carbocycles. The number of carbonyl (C=O) groups is 3.